The van der Waals surface area contributed by atoms with Crippen LogP contribution in [0.2, 0.25) is 0 Å². The van der Waals surface area contributed by atoms with Crippen LogP contribution in [0.5, 0.6) is 0 Å². The molecule has 0 aliphatic rings. The molecule has 13 heteroatoms. The van der Waals surface area contributed by atoms with E-state index in [4.69, 9.17) is 0 Å². The average molecular weight is 442 g/mol. The lowest BCUT2D eigenvalue weighted by Crippen LogP contribution is -2.20. The zero-order valence-corrected chi connectivity index (χ0v) is 15.9. The second-order valence-electron chi connectivity index (χ2n) is 6.37. The Labute approximate surface area is 177 Å². The first-order valence-electron chi connectivity index (χ1n) is 8.96. The predicted octanol–water partition coefficient (Wildman–Crippen LogP) is 3.51. The van der Waals surface area contributed by atoms with E-state index in [0.29, 0.717) is 5.65 Å². The van der Waals surface area contributed by atoms with Crippen molar-refractivity contribution < 1.29 is 18.0 Å². The number of hydrogen-bond donors (Lipinski definition) is 4. The lowest BCUT2D eigenvalue weighted by Gasteiger charge is -2.11. The van der Waals surface area contributed by atoms with Crippen molar-refractivity contribution in [1.82, 2.24) is 24.9 Å². The number of pyridine rings is 1. The number of anilines is 4. The van der Waals surface area contributed by atoms with Gasteiger partial charge in [0.15, 0.2) is 5.43 Å². The van der Waals surface area contributed by atoms with Gasteiger partial charge in [0, 0.05) is 18.0 Å². The third kappa shape index (κ3) is 4.61. The summed E-state index contributed by atoms with van der Waals surface area (Å²) >= 11 is 0. The molecule has 4 rings (SSSR count). The summed E-state index contributed by atoms with van der Waals surface area (Å²) in [6, 6.07) is 4.78. The van der Waals surface area contributed by atoms with Gasteiger partial charge in [-0.1, -0.05) is 6.07 Å². The van der Waals surface area contributed by atoms with Crippen molar-refractivity contribution in [2.45, 2.75) is 6.18 Å². The summed E-state index contributed by atoms with van der Waals surface area (Å²) < 4.78 is 38.3. The first-order valence-corrected chi connectivity index (χ1v) is 8.96. The molecule has 2 amide bonds. The maximum absolute atomic E-state index is 12.8. The van der Waals surface area contributed by atoms with Crippen LogP contribution in [0.3, 0.4) is 0 Å². The highest BCUT2D eigenvalue weighted by Gasteiger charge is 2.30. The number of carbonyl (C=O) groups excluding carboxylic acids is 1. The molecule has 4 N–H and O–H groups in total. The number of carbonyl (C=O) groups is 1. The summed E-state index contributed by atoms with van der Waals surface area (Å²) in [5, 5.41) is 7.74. The fourth-order valence-corrected chi connectivity index (χ4v) is 2.73. The van der Waals surface area contributed by atoms with E-state index in [1.165, 1.54) is 43.1 Å². The molecule has 32 heavy (non-hydrogen) atoms. The highest BCUT2D eigenvalue weighted by Crippen LogP contribution is 2.30. The van der Waals surface area contributed by atoms with E-state index in [1.54, 1.807) is 0 Å². The van der Waals surface area contributed by atoms with Crippen LogP contribution in [0.15, 0.2) is 60.0 Å². The Bertz CT molecular complexity index is 1330. The molecule has 0 atom stereocenters. The second-order valence-corrected chi connectivity index (χ2v) is 6.37. The van der Waals surface area contributed by atoms with E-state index in [2.05, 4.69) is 40.9 Å². The average Bonchev–Trinajstić information content (AvgIpc) is 2.75. The van der Waals surface area contributed by atoms with Crippen LogP contribution in [0.4, 0.5) is 41.1 Å². The number of urea groups is 1. The molecule has 0 radical (unpaired) electrons. The van der Waals surface area contributed by atoms with Crippen molar-refractivity contribution in [3.8, 4) is 0 Å². The van der Waals surface area contributed by atoms with Crippen molar-refractivity contribution >= 4 is 40.2 Å². The van der Waals surface area contributed by atoms with Crippen LogP contribution < -0.4 is 21.4 Å². The van der Waals surface area contributed by atoms with E-state index in [9.17, 15) is 22.8 Å². The third-order valence-electron chi connectivity index (χ3n) is 4.14. The van der Waals surface area contributed by atoms with E-state index in [0.717, 1.165) is 12.1 Å². The monoisotopic (exact) mass is 442 g/mol. The molecule has 0 fully saturated rings. The molecule has 0 spiro atoms. The minimum absolute atomic E-state index is 0.0302. The topological polar surface area (TPSA) is 138 Å². The maximum atomic E-state index is 12.8. The van der Waals surface area contributed by atoms with Gasteiger partial charge >= 0.3 is 12.2 Å². The van der Waals surface area contributed by atoms with Crippen molar-refractivity contribution in [3.63, 3.8) is 0 Å². The summed E-state index contributed by atoms with van der Waals surface area (Å²) in [7, 11) is 0. The number of amides is 2. The Morgan fingerprint density at radius 3 is 2.47 bits per heavy atom. The number of nitrogens with zero attached hydrogens (tertiary/aromatic N) is 4. The molecular weight excluding hydrogens is 429 g/mol. The first kappa shape index (κ1) is 20.7. The summed E-state index contributed by atoms with van der Waals surface area (Å²) in [4.78, 5) is 43.1. The SMILES string of the molecule is O=C(Nc1cnc(Nc2ncnc3[nH]ccc(=O)c23)nc1)Nc1cccc(C(F)(F)F)c1. The van der Waals surface area contributed by atoms with Crippen molar-refractivity contribution in [1.29, 1.82) is 0 Å². The molecule has 3 heterocycles. The molecule has 0 saturated carbocycles. The Morgan fingerprint density at radius 2 is 1.72 bits per heavy atom. The van der Waals surface area contributed by atoms with Crippen LogP contribution >= 0.6 is 0 Å². The van der Waals surface area contributed by atoms with Gasteiger partial charge in [0.2, 0.25) is 5.95 Å². The molecule has 162 valence electrons. The zero-order valence-electron chi connectivity index (χ0n) is 15.9. The number of halogens is 3. The Hall–Kier alpha value is -4.55. The number of benzene rings is 1. The van der Waals surface area contributed by atoms with Crippen molar-refractivity contribution in [2.24, 2.45) is 0 Å². The first-order chi connectivity index (χ1) is 15.3. The van der Waals surface area contributed by atoms with Crippen molar-refractivity contribution in [3.05, 3.63) is 71.0 Å². The Morgan fingerprint density at radius 1 is 0.969 bits per heavy atom. The summed E-state index contributed by atoms with van der Waals surface area (Å²) in [5.41, 5.74) is -0.695. The molecular formula is C19H13F3N8O2. The van der Waals surface area contributed by atoms with Gasteiger partial charge in [-0.3, -0.25) is 4.79 Å². The van der Waals surface area contributed by atoms with Gasteiger partial charge in [0.25, 0.3) is 0 Å². The number of nitrogens with one attached hydrogen (secondary N) is 4. The van der Waals surface area contributed by atoms with Gasteiger partial charge in [-0.25, -0.2) is 24.7 Å². The van der Waals surface area contributed by atoms with E-state index in [-0.39, 0.29) is 34.0 Å². The lowest BCUT2D eigenvalue weighted by molar-refractivity contribution is -0.137. The maximum Gasteiger partial charge on any atom is 0.416 e. The van der Waals surface area contributed by atoms with Crippen LogP contribution in [-0.2, 0) is 6.18 Å². The third-order valence-corrected chi connectivity index (χ3v) is 4.14. The standard InChI is InChI=1S/C19H13F3N8O2/c20-19(21,22)10-2-1-3-11(6-10)28-18(32)29-12-7-24-17(25-8-12)30-16-14-13(31)4-5-23-15(14)26-9-27-16/h1-9H,(H2,28,29,32)(H2,23,24,25,26,27,30,31). The number of alkyl halides is 3. The normalized spacial score (nSPS) is 11.2. The molecule has 10 nitrogen and oxygen atoms in total. The van der Waals surface area contributed by atoms with E-state index in [1.807, 2.05) is 0 Å². The second kappa shape index (κ2) is 8.29. The molecule has 0 saturated heterocycles. The number of rotatable bonds is 4. The number of hydrogen-bond acceptors (Lipinski definition) is 7. The van der Waals surface area contributed by atoms with Gasteiger partial charge in [0.1, 0.15) is 23.2 Å². The lowest BCUT2D eigenvalue weighted by atomic mass is 10.2. The predicted molar refractivity (Wildman–Crippen MR) is 110 cm³/mol. The van der Waals surface area contributed by atoms with Crippen LogP contribution in [-0.4, -0.2) is 31.0 Å². The van der Waals surface area contributed by atoms with E-state index >= 15 is 0 Å². The Balaban J connectivity index is 1.44. The summed E-state index contributed by atoms with van der Waals surface area (Å²) in [5.74, 6) is 0.289. The van der Waals surface area contributed by atoms with Gasteiger partial charge < -0.3 is 20.9 Å². The fourth-order valence-electron chi connectivity index (χ4n) is 2.73. The van der Waals surface area contributed by atoms with Crippen LogP contribution in [0.25, 0.3) is 11.0 Å². The number of aromatic nitrogens is 5. The largest absolute Gasteiger partial charge is 0.416 e. The Kier molecular flexibility index (Phi) is 5.37. The fraction of sp³-hybridized carbons (Fsp3) is 0.0526. The van der Waals surface area contributed by atoms with Gasteiger partial charge in [-0.05, 0) is 18.2 Å². The van der Waals surface area contributed by atoms with Crippen LogP contribution in [0.1, 0.15) is 5.56 Å². The van der Waals surface area contributed by atoms with Gasteiger partial charge in [-0.15, -0.1) is 0 Å². The molecule has 0 bridgehead atoms. The molecule has 4 aromatic rings. The minimum Gasteiger partial charge on any atom is -0.346 e. The van der Waals surface area contributed by atoms with E-state index < -0.39 is 17.8 Å². The zero-order chi connectivity index (χ0) is 22.7. The van der Waals surface area contributed by atoms with Crippen molar-refractivity contribution in [2.75, 3.05) is 16.0 Å². The smallest absolute Gasteiger partial charge is 0.346 e. The molecule has 0 aliphatic carbocycles. The number of H-pyrrole nitrogens is 1. The quantitative estimate of drug-likeness (QED) is 0.379. The molecule has 0 aliphatic heterocycles. The molecule has 3 aromatic heterocycles. The molecule has 1 aromatic carbocycles. The van der Waals surface area contributed by atoms with Gasteiger partial charge in [-0.2, -0.15) is 13.2 Å². The highest BCUT2D eigenvalue weighted by molar-refractivity contribution is 5.99. The minimum atomic E-state index is -4.52. The highest BCUT2D eigenvalue weighted by atomic mass is 19.4. The van der Waals surface area contributed by atoms with Crippen LogP contribution in [0, 0.1) is 0 Å². The number of fused-ring (bicyclic) bond motifs is 1. The van der Waals surface area contributed by atoms with Gasteiger partial charge in [0.05, 0.1) is 23.6 Å². The number of aromatic amines is 1. The molecule has 0 unspecified atom stereocenters. The summed E-state index contributed by atoms with van der Waals surface area (Å²) in [6.07, 6.45) is 0.742. The summed E-state index contributed by atoms with van der Waals surface area (Å²) in [6.45, 7) is 0.